The Balaban J connectivity index is 4.75. The van der Waals surface area contributed by atoms with E-state index < -0.39 is 28.9 Å². The summed E-state index contributed by atoms with van der Waals surface area (Å²) in [5, 5.41) is 15.5. The topological polar surface area (TPSA) is 104 Å². The Morgan fingerprint density at radius 1 is 1.58 bits per heavy atom. The Kier molecular flexibility index (Phi) is 2.92. The van der Waals surface area contributed by atoms with Crippen molar-refractivity contribution in [1.82, 2.24) is 0 Å². The third kappa shape index (κ3) is 2.03. The molecule has 0 aromatic rings. The highest BCUT2D eigenvalue weighted by Gasteiger charge is 2.35. The van der Waals surface area contributed by atoms with Crippen LogP contribution in [0.25, 0.3) is 0 Å². The van der Waals surface area contributed by atoms with E-state index in [2.05, 4.69) is 0 Å². The van der Waals surface area contributed by atoms with Crippen LogP contribution in [0.5, 0.6) is 0 Å². The second-order valence-electron chi connectivity index (χ2n) is 2.65. The average molecular weight is 174 g/mol. The van der Waals surface area contributed by atoms with E-state index in [4.69, 9.17) is 16.2 Å². The summed E-state index contributed by atoms with van der Waals surface area (Å²) in [5.74, 6) is -2.10. The molecule has 0 aliphatic rings. The number of rotatable bonds is 2. The number of aliphatic carboxylic acids is 1. The van der Waals surface area contributed by atoms with Gasteiger partial charge < -0.3 is 10.8 Å². The first kappa shape index (κ1) is 10.6. The zero-order valence-corrected chi connectivity index (χ0v) is 7.00. The van der Waals surface area contributed by atoms with Crippen molar-refractivity contribution in [2.24, 2.45) is 5.73 Å². The van der Waals surface area contributed by atoms with Gasteiger partial charge in [0.15, 0.2) is 6.54 Å². The molecule has 4 N–H and O–H groups in total. The minimum Gasteiger partial charge on any atom is -0.477 e. The van der Waals surface area contributed by atoms with Crippen LogP contribution < -0.4 is 5.73 Å². The number of nitrogens with zero attached hydrogens (tertiary/aromatic N) is 1. The molecule has 0 radical (unpaired) electrons. The highest BCUT2D eigenvalue weighted by molar-refractivity contribution is 5.85. The van der Waals surface area contributed by atoms with E-state index in [1.165, 1.54) is 14.0 Å². The lowest BCUT2D eigenvalue weighted by Crippen LogP contribution is -2.58. The SMILES string of the molecule is CC(=O)[N+](C)(CC(=O)O)C(=N)N. The van der Waals surface area contributed by atoms with E-state index in [1.807, 2.05) is 0 Å². The minimum atomic E-state index is -1.16. The fourth-order valence-corrected chi connectivity index (χ4v) is 0.637. The van der Waals surface area contributed by atoms with Crippen LogP contribution in [0.1, 0.15) is 6.92 Å². The Labute approximate surface area is 69.7 Å². The van der Waals surface area contributed by atoms with Gasteiger partial charge in [0.05, 0.1) is 14.0 Å². The summed E-state index contributed by atoms with van der Waals surface area (Å²) in [5.41, 5.74) is 5.09. The van der Waals surface area contributed by atoms with Gasteiger partial charge in [0.2, 0.25) is 0 Å². The van der Waals surface area contributed by atoms with Crippen molar-refractivity contribution in [3.63, 3.8) is 0 Å². The van der Waals surface area contributed by atoms with Gasteiger partial charge >= 0.3 is 11.9 Å². The fraction of sp³-hybridized carbons (Fsp3) is 0.500. The first-order chi connectivity index (χ1) is 5.30. The van der Waals surface area contributed by atoms with Crippen LogP contribution in [0.3, 0.4) is 0 Å². The van der Waals surface area contributed by atoms with Crippen LogP contribution in [-0.2, 0) is 9.59 Å². The molecule has 12 heavy (non-hydrogen) atoms. The average Bonchev–Trinajstić information content (AvgIpc) is 1.84. The molecule has 0 aromatic carbocycles. The first-order valence-corrected chi connectivity index (χ1v) is 3.23. The maximum atomic E-state index is 10.9. The van der Waals surface area contributed by atoms with Gasteiger partial charge in [-0.15, -0.1) is 0 Å². The van der Waals surface area contributed by atoms with Gasteiger partial charge in [-0.2, -0.15) is 4.48 Å². The molecule has 0 aliphatic heterocycles. The van der Waals surface area contributed by atoms with Gasteiger partial charge in [-0.1, -0.05) is 0 Å². The lowest BCUT2D eigenvalue weighted by Gasteiger charge is -2.25. The number of carboxylic acids is 1. The van der Waals surface area contributed by atoms with Gasteiger partial charge in [0, 0.05) is 0 Å². The number of carbonyl (C=O) groups excluding carboxylic acids is 1. The zero-order valence-electron chi connectivity index (χ0n) is 7.00. The number of likely N-dealkylation sites (N-methyl/N-ethyl adjacent to an activating group) is 1. The molecule has 0 saturated carbocycles. The second kappa shape index (κ2) is 3.31. The van der Waals surface area contributed by atoms with E-state index in [-0.39, 0.29) is 0 Å². The van der Waals surface area contributed by atoms with Crippen molar-refractivity contribution < 1.29 is 19.2 Å². The highest BCUT2D eigenvalue weighted by Crippen LogP contribution is 2.01. The number of carboxylic acid groups (broad SMARTS) is 1. The number of amides is 1. The van der Waals surface area contributed by atoms with Crippen LogP contribution in [0, 0.1) is 5.41 Å². The van der Waals surface area contributed by atoms with Crippen LogP contribution in [0.2, 0.25) is 0 Å². The molecule has 0 rings (SSSR count). The smallest absolute Gasteiger partial charge is 0.360 e. The number of guanidine groups is 1. The van der Waals surface area contributed by atoms with E-state index in [1.54, 1.807) is 0 Å². The lowest BCUT2D eigenvalue weighted by molar-refractivity contribution is -0.734. The predicted octanol–water partition coefficient (Wildman–Crippen LogP) is -1.04. The normalized spacial score (nSPS) is 14.8. The van der Waals surface area contributed by atoms with Gasteiger partial charge in [-0.3, -0.25) is 0 Å². The summed E-state index contributed by atoms with van der Waals surface area (Å²) in [6.07, 6.45) is 0. The standard InChI is InChI=1S/C6H11N3O3/c1-4(10)9(2,6(7)8)3-5(11)12/h3H2,1-2H3,(H3-,7,8,11,12)/p+1. The van der Waals surface area contributed by atoms with Crippen molar-refractivity contribution in [3.05, 3.63) is 0 Å². The Morgan fingerprint density at radius 3 is 2.08 bits per heavy atom. The molecule has 68 valence electrons. The van der Waals surface area contributed by atoms with Gasteiger partial charge in [0.25, 0.3) is 5.96 Å². The highest BCUT2D eigenvalue weighted by atomic mass is 16.4. The van der Waals surface area contributed by atoms with Gasteiger partial charge in [0.1, 0.15) is 0 Å². The summed E-state index contributed by atoms with van der Waals surface area (Å²) in [7, 11) is 1.29. The molecule has 1 atom stereocenters. The number of quaternary nitrogens is 1. The Hall–Kier alpha value is -1.43. The summed E-state index contributed by atoms with van der Waals surface area (Å²) >= 11 is 0. The minimum absolute atomic E-state index is 0.468. The number of hydrogen-bond donors (Lipinski definition) is 3. The molecule has 1 unspecified atom stereocenters. The molecule has 1 amide bonds. The molecule has 0 heterocycles. The molecule has 6 nitrogen and oxygen atoms in total. The molecule has 0 spiro atoms. The van der Waals surface area contributed by atoms with E-state index >= 15 is 0 Å². The maximum Gasteiger partial charge on any atom is 0.360 e. The predicted molar refractivity (Wildman–Crippen MR) is 41.3 cm³/mol. The number of carbonyl (C=O) groups is 2. The summed E-state index contributed by atoms with van der Waals surface area (Å²) in [6.45, 7) is 0.703. The van der Waals surface area contributed by atoms with Crippen LogP contribution in [-0.4, -0.2) is 41.0 Å². The summed E-state index contributed by atoms with van der Waals surface area (Å²) < 4.78 is -0.685. The van der Waals surface area contributed by atoms with Crippen LogP contribution >= 0.6 is 0 Å². The van der Waals surface area contributed by atoms with Crippen LogP contribution in [0.4, 0.5) is 0 Å². The summed E-state index contributed by atoms with van der Waals surface area (Å²) in [4.78, 5) is 21.2. The monoisotopic (exact) mass is 174 g/mol. The molecule has 0 bridgehead atoms. The Morgan fingerprint density at radius 2 is 2.00 bits per heavy atom. The Bertz CT molecular complexity index is 222. The van der Waals surface area contributed by atoms with Crippen molar-refractivity contribution in [3.8, 4) is 0 Å². The van der Waals surface area contributed by atoms with Crippen molar-refractivity contribution >= 4 is 17.8 Å². The largest absolute Gasteiger partial charge is 0.477 e. The third-order valence-electron chi connectivity index (χ3n) is 1.68. The molecular weight excluding hydrogens is 162 g/mol. The van der Waals surface area contributed by atoms with E-state index in [0.717, 1.165) is 0 Å². The number of nitrogens with one attached hydrogen (secondary N) is 1. The molecular formula is C6H12N3O3+. The van der Waals surface area contributed by atoms with Crippen molar-refractivity contribution in [2.45, 2.75) is 6.92 Å². The zero-order chi connectivity index (χ0) is 9.94. The van der Waals surface area contributed by atoms with Gasteiger partial charge in [-0.05, 0) is 0 Å². The lowest BCUT2D eigenvalue weighted by atomic mass is 10.4. The van der Waals surface area contributed by atoms with Crippen molar-refractivity contribution in [2.75, 3.05) is 13.6 Å². The third-order valence-corrected chi connectivity index (χ3v) is 1.68. The first-order valence-electron chi connectivity index (χ1n) is 3.23. The molecule has 0 fully saturated rings. The second-order valence-corrected chi connectivity index (χ2v) is 2.65. The molecule has 0 aliphatic carbocycles. The van der Waals surface area contributed by atoms with Crippen LogP contribution in [0.15, 0.2) is 0 Å². The fourth-order valence-electron chi connectivity index (χ4n) is 0.637. The molecule has 6 heteroatoms. The quantitative estimate of drug-likeness (QED) is 0.282. The summed E-state index contributed by atoms with van der Waals surface area (Å²) in [6, 6.07) is 0. The maximum absolute atomic E-state index is 10.9. The van der Waals surface area contributed by atoms with Gasteiger partial charge in [-0.25, -0.2) is 15.0 Å². The van der Waals surface area contributed by atoms with E-state index in [0.29, 0.717) is 0 Å². The molecule has 0 saturated heterocycles. The van der Waals surface area contributed by atoms with E-state index in [9.17, 15) is 9.59 Å². The molecule has 0 aromatic heterocycles. The number of hydrogen-bond acceptors (Lipinski definition) is 3. The van der Waals surface area contributed by atoms with Crippen molar-refractivity contribution in [1.29, 1.82) is 5.41 Å². The number of nitrogens with two attached hydrogens (primary N) is 1.